The molecule has 3 aromatic rings. The van der Waals surface area contributed by atoms with Crippen molar-refractivity contribution in [2.24, 2.45) is 5.92 Å². The number of carbonyl (C=O) groups excluding carboxylic acids is 2. The van der Waals surface area contributed by atoms with Gasteiger partial charge in [-0.25, -0.2) is 0 Å². The van der Waals surface area contributed by atoms with Gasteiger partial charge in [0, 0.05) is 27.6 Å². The summed E-state index contributed by atoms with van der Waals surface area (Å²) < 4.78 is 18.5. The molecule has 7 heteroatoms. The molecule has 6 nitrogen and oxygen atoms in total. The summed E-state index contributed by atoms with van der Waals surface area (Å²) >= 11 is 3.49. The molecule has 2 aromatic carbocycles. The number of halogens is 1. The van der Waals surface area contributed by atoms with Gasteiger partial charge in [0.1, 0.15) is 5.75 Å². The summed E-state index contributed by atoms with van der Waals surface area (Å²) in [5.41, 5.74) is 4.40. The Morgan fingerprint density at radius 2 is 1.62 bits per heavy atom. The van der Waals surface area contributed by atoms with E-state index in [0.29, 0.717) is 6.54 Å². The van der Waals surface area contributed by atoms with Gasteiger partial charge in [-0.1, -0.05) is 35.0 Å². The van der Waals surface area contributed by atoms with Gasteiger partial charge in [-0.2, -0.15) is 0 Å². The molecule has 0 saturated heterocycles. The van der Waals surface area contributed by atoms with Gasteiger partial charge in [0.15, 0.2) is 5.92 Å². The van der Waals surface area contributed by atoms with Gasteiger partial charge in [-0.05, 0) is 60.7 Å². The molecule has 0 bridgehead atoms. The van der Waals surface area contributed by atoms with Gasteiger partial charge >= 0.3 is 11.9 Å². The number of hydrogen-bond donors (Lipinski definition) is 0. The standard InChI is InChI=1S/C25H28BrNO5/c1-15(12-21(24(28)31-4)25(29)32-5)23-16(2)27(14-17-6-8-18(26)9-7-17)22-11-10-19(30-3)13-20(22)23/h6-11,13,15,21H,12,14H2,1-5H3. The highest BCUT2D eigenvalue weighted by molar-refractivity contribution is 9.10. The van der Waals surface area contributed by atoms with Crippen molar-refractivity contribution in [2.45, 2.75) is 32.7 Å². The molecule has 0 N–H and O–H groups in total. The third-order valence-corrected chi connectivity index (χ3v) is 6.42. The van der Waals surface area contributed by atoms with E-state index >= 15 is 0 Å². The molecule has 0 amide bonds. The number of hydrogen-bond acceptors (Lipinski definition) is 5. The fourth-order valence-corrected chi connectivity index (χ4v) is 4.52. The molecule has 0 saturated carbocycles. The summed E-state index contributed by atoms with van der Waals surface area (Å²) in [6, 6.07) is 14.2. The van der Waals surface area contributed by atoms with E-state index in [9.17, 15) is 9.59 Å². The molecule has 170 valence electrons. The Morgan fingerprint density at radius 3 is 2.19 bits per heavy atom. The Kier molecular flexibility index (Phi) is 7.61. The van der Waals surface area contributed by atoms with Crippen molar-refractivity contribution < 1.29 is 23.8 Å². The number of benzene rings is 2. The van der Waals surface area contributed by atoms with Crippen molar-refractivity contribution in [1.29, 1.82) is 0 Å². The van der Waals surface area contributed by atoms with Crippen LogP contribution in [0.4, 0.5) is 0 Å². The van der Waals surface area contributed by atoms with Gasteiger partial charge in [-0.15, -0.1) is 0 Å². The van der Waals surface area contributed by atoms with Crippen LogP contribution in [-0.4, -0.2) is 37.8 Å². The third-order valence-electron chi connectivity index (χ3n) is 5.89. The molecule has 0 radical (unpaired) electrons. The maximum atomic E-state index is 12.2. The lowest BCUT2D eigenvalue weighted by Crippen LogP contribution is -2.28. The van der Waals surface area contributed by atoms with E-state index in [0.717, 1.165) is 32.4 Å². The van der Waals surface area contributed by atoms with Crippen molar-refractivity contribution in [3.8, 4) is 5.75 Å². The maximum absolute atomic E-state index is 12.2. The Hall–Kier alpha value is -2.80. The molecule has 0 aliphatic carbocycles. The molecule has 0 fully saturated rings. The number of esters is 2. The smallest absolute Gasteiger partial charge is 0.320 e. The van der Waals surface area contributed by atoms with Gasteiger partial charge in [0.2, 0.25) is 0 Å². The van der Waals surface area contributed by atoms with Crippen LogP contribution in [0.3, 0.4) is 0 Å². The molecule has 32 heavy (non-hydrogen) atoms. The van der Waals surface area contributed by atoms with E-state index in [2.05, 4.69) is 39.6 Å². The van der Waals surface area contributed by atoms with Gasteiger partial charge in [0.25, 0.3) is 0 Å². The second-order valence-electron chi connectivity index (χ2n) is 7.83. The predicted molar refractivity (Wildman–Crippen MR) is 127 cm³/mol. The van der Waals surface area contributed by atoms with E-state index in [1.807, 2.05) is 37.3 Å². The van der Waals surface area contributed by atoms with Gasteiger partial charge < -0.3 is 18.8 Å². The van der Waals surface area contributed by atoms with Crippen LogP contribution in [0.5, 0.6) is 5.75 Å². The van der Waals surface area contributed by atoms with Crippen molar-refractivity contribution in [1.82, 2.24) is 4.57 Å². The Balaban J connectivity index is 2.08. The molecule has 1 atom stereocenters. The first-order valence-electron chi connectivity index (χ1n) is 10.4. The lowest BCUT2D eigenvalue weighted by molar-refractivity contribution is -0.159. The number of nitrogens with zero attached hydrogens (tertiary/aromatic N) is 1. The van der Waals surface area contributed by atoms with E-state index in [1.165, 1.54) is 19.8 Å². The highest BCUT2D eigenvalue weighted by Gasteiger charge is 2.32. The van der Waals surface area contributed by atoms with Crippen molar-refractivity contribution in [3.63, 3.8) is 0 Å². The van der Waals surface area contributed by atoms with Crippen LogP contribution in [0.15, 0.2) is 46.9 Å². The van der Waals surface area contributed by atoms with Gasteiger partial charge in [0.05, 0.1) is 21.3 Å². The van der Waals surface area contributed by atoms with Crippen LogP contribution < -0.4 is 4.74 Å². The monoisotopic (exact) mass is 501 g/mol. The first kappa shape index (κ1) is 23.9. The Bertz CT molecular complexity index is 1100. The average Bonchev–Trinajstić information content (AvgIpc) is 3.08. The molecular weight excluding hydrogens is 474 g/mol. The van der Waals surface area contributed by atoms with E-state index in [-0.39, 0.29) is 12.3 Å². The summed E-state index contributed by atoms with van der Waals surface area (Å²) in [4.78, 5) is 24.5. The molecule has 1 aromatic heterocycles. The van der Waals surface area contributed by atoms with Crippen LogP contribution in [0, 0.1) is 12.8 Å². The van der Waals surface area contributed by atoms with Crippen molar-refractivity contribution >= 4 is 38.8 Å². The number of aromatic nitrogens is 1. The van der Waals surface area contributed by atoms with Crippen LogP contribution >= 0.6 is 15.9 Å². The molecule has 1 heterocycles. The highest BCUT2D eigenvalue weighted by Crippen LogP contribution is 2.37. The first-order valence-corrected chi connectivity index (χ1v) is 11.2. The molecule has 0 aliphatic heterocycles. The highest BCUT2D eigenvalue weighted by atomic mass is 79.9. The first-order chi connectivity index (χ1) is 15.3. The molecule has 1 unspecified atom stereocenters. The fourth-order valence-electron chi connectivity index (χ4n) is 4.26. The number of ether oxygens (including phenoxy) is 3. The molecule has 0 aliphatic rings. The summed E-state index contributed by atoms with van der Waals surface area (Å²) in [6.07, 6.45) is 0.287. The number of rotatable bonds is 8. The van der Waals surface area contributed by atoms with Crippen LogP contribution in [0.25, 0.3) is 10.9 Å². The zero-order valence-electron chi connectivity index (χ0n) is 19.0. The third kappa shape index (κ3) is 4.83. The number of fused-ring (bicyclic) bond motifs is 1. The van der Waals surface area contributed by atoms with Crippen LogP contribution in [0.2, 0.25) is 0 Å². The summed E-state index contributed by atoms with van der Waals surface area (Å²) in [6.45, 7) is 4.79. The number of carbonyl (C=O) groups is 2. The van der Waals surface area contributed by atoms with Crippen molar-refractivity contribution in [2.75, 3.05) is 21.3 Å². The van der Waals surface area contributed by atoms with Crippen LogP contribution in [0.1, 0.15) is 36.1 Å². The largest absolute Gasteiger partial charge is 0.497 e. The Morgan fingerprint density at radius 1 is 1.00 bits per heavy atom. The quantitative estimate of drug-likeness (QED) is 0.312. The lowest BCUT2D eigenvalue weighted by atomic mass is 9.88. The SMILES string of the molecule is COC(=O)C(CC(C)c1c(C)n(Cc2ccc(Br)cc2)c2ccc(OC)cc12)C(=O)OC. The maximum Gasteiger partial charge on any atom is 0.320 e. The van der Waals surface area contributed by atoms with Crippen molar-refractivity contribution in [3.05, 3.63) is 63.8 Å². The Labute approximate surface area is 196 Å². The summed E-state index contributed by atoms with van der Waals surface area (Å²) in [5, 5.41) is 1.04. The average molecular weight is 502 g/mol. The van der Waals surface area contributed by atoms with E-state index < -0.39 is 17.9 Å². The molecular formula is C25H28BrNO5. The normalized spacial score (nSPS) is 12.1. The molecule has 3 rings (SSSR count). The minimum atomic E-state index is -0.977. The fraction of sp³-hybridized carbons (Fsp3) is 0.360. The summed E-state index contributed by atoms with van der Waals surface area (Å²) in [7, 11) is 4.20. The second kappa shape index (κ2) is 10.2. The predicted octanol–water partition coefficient (Wildman–Crippen LogP) is 5.22. The van der Waals surface area contributed by atoms with Crippen LogP contribution in [-0.2, 0) is 25.6 Å². The van der Waals surface area contributed by atoms with Gasteiger partial charge in [-0.3, -0.25) is 9.59 Å². The van der Waals surface area contributed by atoms with E-state index in [1.54, 1.807) is 7.11 Å². The zero-order chi connectivity index (χ0) is 23.4. The van der Waals surface area contributed by atoms with E-state index in [4.69, 9.17) is 14.2 Å². The second-order valence-corrected chi connectivity index (χ2v) is 8.75. The topological polar surface area (TPSA) is 66.8 Å². The zero-order valence-corrected chi connectivity index (χ0v) is 20.6. The minimum absolute atomic E-state index is 0.0982. The molecule has 0 spiro atoms. The summed E-state index contributed by atoms with van der Waals surface area (Å²) in [5.74, 6) is -1.49. The minimum Gasteiger partial charge on any atom is -0.497 e. The number of methoxy groups -OCH3 is 3. The lowest BCUT2D eigenvalue weighted by Gasteiger charge is -2.18.